The fourth-order valence-electron chi connectivity index (χ4n) is 2.27. The monoisotopic (exact) mass is 259 g/mol. The van der Waals surface area contributed by atoms with Crippen molar-refractivity contribution >= 4 is 23.5 Å². The predicted octanol–water partition coefficient (Wildman–Crippen LogP) is 3.56. The summed E-state index contributed by atoms with van der Waals surface area (Å²) in [5.41, 5.74) is 0. The van der Waals surface area contributed by atoms with Crippen LogP contribution in [0.4, 0.5) is 0 Å². The maximum Gasteiger partial charge on any atom is 0.0295 e. The second-order valence-electron chi connectivity index (χ2n) is 5.49. The van der Waals surface area contributed by atoms with Crippen LogP contribution in [0.1, 0.15) is 33.6 Å². The zero-order valence-corrected chi connectivity index (χ0v) is 12.6. The van der Waals surface area contributed by atoms with Gasteiger partial charge in [0.05, 0.1) is 0 Å². The first-order chi connectivity index (χ1) is 7.41. The van der Waals surface area contributed by atoms with Crippen molar-refractivity contribution in [1.82, 2.24) is 5.32 Å². The van der Waals surface area contributed by atoms with Gasteiger partial charge in [-0.1, -0.05) is 19.9 Å². The molecule has 3 heteroatoms. The molecule has 0 bridgehead atoms. The third-order valence-electron chi connectivity index (χ3n) is 2.77. The van der Waals surface area contributed by atoms with Gasteiger partial charge in [-0.15, -0.1) is 18.3 Å². The average molecular weight is 259 g/mol. The van der Waals surface area contributed by atoms with Crippen LogP contribution in [-0.2, 0) is 0 Å². The molecule has 1 rings (SSSR count). The molecule has 16 heavy (non-hydrogen) atoms. The van der Waals surface area contributed by atoms with Crippen LogP contribution < -0.4 is 5.32 Å². The Morgan fingerprint density at radius 1 is 1.50 bits per heavy atom. The summed E-state index contributed by atoms with van der Waals surface area (Å²) in [6.45, 7) is 12.0. The number of nitrogens with one attached hydrogen (secondary N) is 1. The third kappa shape index (κ3) is 5.15. The van der Waals surface area contributed by atoms with Gasteiger partial charge in [0.25, 0.3) is 0 Å². The van der Waals surface area contributed by atoms with Gasteiger partial charge in [0.15, 0.2) is 0 Å². The summed E-state index contributed by atoms with van der Waals surface area (Å²) in [6.07, 6.45) is 4.45. The Labute approximate surface area is 109 Å². The Morgan fingerprint density at radius 2 is 2.12 bits per heavy atom. The fraction of sp³-hybridized carbons (Fsp3) is 0.846. The molecule has 94 valence electrons. The highest BCUT2D eigenvalue weighted by atomic mass is 32.2. The molecule has 0 saturated carbocycles. The summed E-state index contributed by atoms with van der Waals surface area (Å²) >= 11 is 4.22. The molecule has 0 amide bonds. The normalized spacial score (nSPS) is 23.9. The minimum absolute atomic E-state index is 0.277. The van der Waals surface area contributed by atoms with E-state index in [1.807, 2.05) is 13.1 Å². The number of rotatable bonds is 8. The van der Waals surface area contributed by atoms with Gasteiger partial charge in [-0.25, -0.2) is 0 Å². The van der Waals surface area contributed by atoms with Gasteiger partial charge < -0.3 is 5.32 Å². The number of allylic oxidation sites excluding steroid dienone is 1. The maximum absolute atomic E-state index is 3.89. The molecule has 0 spiro atoms. The molecule has 1 N–H and O–H groups in total. The van der Waals surface area contributed by atoms with Crippen molar-refractivity contribution in [2.45, 2.75) is 48.4 Å². The van der Waals surface area contributed by atoms with Crippen molar-refractivity contribution in [3.8, 4) is 0 Å². The summed E-state index contributed by atoms with van der Waals surface area (Å²) in [5, 5.41) is 4.23. The van der Waals surface area contributed by atoms with Gasteiger partial charge in [0.1, 0.15) is 0 Å². The largest absolute Gasteiger partial charge is 0.318 e. The molecular formula is C13H25NS2. The molecule has 0 aromatic rings. The molecule has 1 aliphatic rings. The zero-order valence-electron chi connectivity index (χ0n) is 11.0. The Hall–Kier alpha value is 0.400. The van der Waals surface area contributed by atoms with E-state index < -0.39 is 0 Å². The quantitative estimate of drug-likeness (QED) is 0.529. The first-order valence-corrected chi connectivity index (χ1v) is 7.85. The van der Waals surface area contributed by atoms with E-state index in [0.717, 1.165) is 18.2 Å². The first-order valence-electron chi connectivity index (χ1n) is 5.98. The van der Waals surface area contributed by atoms with E-state index in [1.165, 1.54) is 12.2 Å². The topological polar surface area (TPSA) is 12.0 Å². The molecule has 2 atom stereocenters. The average Bonchev–Trinajstić information content (AvgIpc) is 2.86. The summed E-state index contributed by atoms with van der Waals surface area (Å²) in [5.74, 6) is 1.37. The Morgan fingerprint density at radius 3 is 2.56 bits per heavy atom. The van der Waals surface area contributed by atoms with Crippen LogP contribution in [0, 0.1) is 0 Å². The lowest BCUT2D eigenvalue weighted by Gasteiger charge is -2.36. The SMILES string of the molecule is C=CCC(C)(CNC)SC(C)(C)CC1CS1. The molecule has 1 saturated heterocycles. The van der Waals surface area contributed by atoms with Crippen LogP contribution in [0.15, 0.2) is 12.7 Å². The molecule has 1 heterocycles. The van der Waals surface area contributed by atoms with Crippen molar-refractivity contribution in [1.29, 1.82) is 0 Å². The summed E-state index contributed by atoms with van der Waals surface area (Å²) < 4.78 is 0.655. The van der Waals surface area contributed by atoms with Crippen LogP contribution in [0.25, 0.3) is 0 Å². The summed E-state index contributed by atoms with van der Waals surface area (Å²) in [4.78, 5) is 0. The van der Waals surface area contributed by atoms with Gasteiger partial charge >= 0.3 is 0 Å². The zero-order chi connectivity index (χ0) is 12.2. The lowest BCUT2D eigenvalue weighted by Crippen LogP contribution is -2.37. The molecule has 1 nitrogen and oxygen atoms in total. The lowest BCUT2D eigenvalue weighted by molar-refractivity contribution is 0.575. The molecule has 0 aliphatic carbocycles. The van der Waals surface area contributed by atoms with Crippen LogP contribution in [0.2, 0.25) is 0 Å². The van der Waals surface area contributed by atoms with Crippen LogP contribution in [0.5, 0.6) is 0 Å². The molecule has 1 aliphatic heterocycles. The van der Waals surface area contributed by atoms with Crippen molar-refractivity contribution in [2.24, 2.45) is 0 Å². The van der Waals surface area contributed by atoms with Gasteiger partial charge in [0.2, 0.25) is 0 Å². The van der Waals surface area contributed by atoms with E-state index >= 15 is 0 Å². The first kappa shape index (κ1) is 14.5. The Balaban J connectivity index is 2.53. The number of thioether (sulfide) groups is 2. The van der Waals surface area contributed by atoms with E-state index in [-0.39, 0.29) is 4.75 Å². The van der Waals surface area contributed by atoms with E-state index in [2.05, 4.69) is 56.2 Å². The highest BCUT2D eigenvalue weighted by Gasteiger charge is 2.36. The highest BCUT2D eigenvalue weighted by molar-refractivity contribution is 8.07. The molecule has 0 aromatic heterocycles. The van der Waals surface area contributed by atoms with Gasteiger partial charge in [-0.2, -0.15) is 11.8 Å². The van der Waals surface area contributed by atoms with Gasteiger partial charge in [-0.05, 0) is 26.8 Å². The number of hydrogen-bond donors (Lipinski definition) is 1. The standard InChI is InChI=1S/C13H25NS2/c1-6-7-13(4,10-14-5)16-12(2,3)8-11-9-15-11/h6,11,14H,1,7-10H2,2-5H3. The molecule has 0 aromatic carbocycles. The third-order valence-corrected chi connectivity index (χ3v) is 5.27. The van der Waals surface area contributed by atoms with E-state index in [9.17, 15) is 0 Å². The van der Waals surface area contributed by atoms with Crippen molar-refractivity contribution in [3.05, 3.63) is 12.7 Å². The number of hydrogen-bond acceptors (Lipinski definition) is 3. The van der Waals surface area contributed by atoms with E-state index in [1.54, 1.807) is 0 Å². The van der Waals surface area contributed by atoms with E-state index in [4.69, 9.17) is 0 Å². The highest BCUT2D eigenvalue weighted by Crippen LogP contribution is 2.46. The minimum Gasteiger partial charge on any atom is -0.318 e. The maximum atomic E-state index is 3.89. The smallest absolute Gasteiger partial charge is 0.0295 e. The predicted molar refractivity (Wildman–Crippen MR) is 79.7 cm³/mol. The lowest BCUT2D eigenvalue weighted by atomic mass is 10.1. The van der Waals surface area contributed by atoms with Crippen molar-refractivity contribution in [3.63, 3.8) is 0 Å². The molecule has 2 unspecified atom stereocenters. The minimum atomic E-state index is 0.277. The van der Waals surface area contributed by atoms with Crippen LogP contribution in [0.3, 0.4) is 0 Å². The van der Waals surface area contributed by atoms with Gasteiger partial charge in [0, 0.05) is 27.0 Å². The second kappa shape index (κ2) is 5.83. The second-order valence-corrected chi connectivity index (χ2v) is 9.12. The molecule has 0 radical (unpaired) electrons. The summed E-state index contributed by atoms with van der Waals surface area (Å²) in [6, 6.07) is 0. The van der Waals surface area contributed by atoms with Crippen molar-refractivity contribution in [2.75, 3.05) is 19.3 Å². The summed E-state index contributed by atoms with van der Waals surface area (Å²) in [7, 11) is 2.03. The Bertz CT molecular complexity index is 236. The van der Waals surface area contributed by atoms with Gasteiger partial charge in [-0.3, -0.25) is 0 Å². The molecule has 1 fully saturated rings. The molecular weight excluding hydrogens is 234 g/mol. The van der Waals surface area contributed by atoms with Crippen molar-refractivity contribution < 1.29 is 0 Å². The fourth-order valence-corrected chi connectivity index (χ4v) is 5.20. The van der Waals surface area contributed by atoms with E-state index in [0.29, 0.717) is 4.75 Å². The van der Waals surface area contributed by atoms with Crippen LogP contribution >= 0.6 is 23.5 Å². The Kier molecular flexibility index (Phi) is 5.27. The van der Waals surface area contributed by atoms with Crippen LogP contribution in [-0.4, -0.2) is 34.1 Å².